The van der Waals surface area contributed by atoms with Crippen molar-refractivity contribution >= 4 is 45.7 Å². The molecular weight excluding hydrogens is 513 g/mol. The van der Waals surface area contributed by atoms with Crippen LogP contribution in [0.1, 0.15) is 6.92 Å². The first-order valence-corrected chi connectivity index (χ1v) is 12.2. The highest BCUT2D eigenvalue weighted by molar-refractivity contribution is 6.41. The standard InChI is InChI=1S/C28H25Cl2N3O4/c1-6-24(34)32(3)20-11-9-8-10-17(20)19-13-21-16(15-31-19)12-18(28(35)33(21)7-2)25-26(29)22(36-4)14-23(37-5)27(25)30/h6,8-15H,1,7H2,2-5H3. The Morgan fingerprint density at radius 3 is 2.32 bits per heavy atom. The Kier molecular flexibility index (Phi) is 7.57. The molecule has 0 bridgehead atoms. The van der Waals surface area contributed by atoms with Gasteiger partial charge in [-0.05, 0) is 31.2 Å². The molecule has 0 aliphatic rings. The number of likely N-dealkylation sites (N-methyl/N-ethyl adjacent to an activating group) is 1. The number of aromatic nitrogens is 2. The molecule has 4 rings (SSSR count). The lowest BCUT2D eigenvalue weighted by Gasteiger charge is -2.20. The second-order valence-corrected chi connectivity index (χ2v) is 8.89. The van der Waals surface area contributed by atoms with Gasteiger partial charge in [0.2, 0.25) is 5.91 Å². The molecule has 0 saturated carbocycles. The Hall–Kier alpha value is -3.81. The van der Waals surface area contributed by atoms with Gasteiger partial charge in [-0.2, -0.15) is 0 Å². The van der Waals surface area contributed by atoms with Crippen molar-refractivity contribution in [3.63, 3.8) is 0 Å². The van der Waals surface area contributed by atoms with Crippen molar-refractivity contribution in [2.24, 2.45) is 0 Å². The van der Waals surface area contributed by atoms with E-state index in [-0.39, 0.29) is 21.5 Å². The summed E-state index contributed by atoms with van der Waals surface area (Å²) in [4.78, 5) is 32.2. The van der Waals surface area contributed by atoms with Crippen LogP contribution in [0.5, 0.6) is 11.5 Å². The average Bonchev–Trinajstić information content (AvgIpc) is 2.92. The number of methoxy groups -OCH3 is 2. The van der Waals surface area contributed by atoms with Gasteiger partial charge in [-0.3, -0.25) is 14.6 Å². The zero-order valence-electron chi connectivity index (χ0n) is 20.8. The first-order valence-electron chi connectivity index (χ1n) is 11.4. The Bertz CT molecular complexity index is 1570. The number of ether oxygens (including phenoxy) is 2. The average molecular weight is 538 g/mol. The van der Waals surface area contributed by atoms with Crippen molar-refractivity contribution < 1.29 is 14.3 Å². The molecule has 7 nitrogen and oxygen atoms in total. The van der Waals surface area contributed by atoms with Crippen LogP contribution in [0.3, 0.4) is 0 Å². The molecular formula is C28H25Cl2N3O4. The number of pyridine rings is 2. The predicted molar refractivity (Wildman–Crippen MR) is 149 cm³/mol. The van der Waals surface area contributed by atoms with Crippen LogP contribution in [0.4, 0.5) is 5.69 Å². The second kappa shape index (κ2) is 10.7. The molecule has 2 aromatic carbocycles. The molecule has 0 unspecified atom stereocenters. The van der Waals surface area contributed by atoms with Crippen molar-refractivity contribution in [3.05, 3.63) is 81.7 Å². The number of para-hydroxylation sites is 1. The number of carbonyl (C=O) groups is 1. The molecule has 2 heterocycles. The smallest absolute Gasteiger partial charge is 0.259 e. The molecule has 0 aliphatic heterocycles. The lowest BCUT2D eigenvalue weighted by Crippen LogP contribution is -2.24. The van der Waals surface area contributed by atoms with Gasteiger partial charge in [0.1, 0.15) is 11.5 Å². The quantitative estimate of drug-likeness (QED) is 0.261. The van der Waals surface area contributed by atoms with Crippen molar-refractivity contribution in [2.45, 2.75) is 13.5 Å². The van der Waals surface area contributed by atoms with Gasteiger partial charge >= 0.3 is 0 Å². The summed E-state index contributed by atoms with van der Waals surface area (Å²) in [5.74, 6) is 0.429. The number of fused-ring (bicyclic) bond motifs is 1. The number of benzene rings is 2. The largest absolute Gasteiger partial charge is 0.495 e. The van der Waals surface area contributed by atoms with Gasteiger partial charge in [-0.25, -0.2) is 0 Å². The number of rotatable bonds is 7. The summed E-state index contributed by atoms with van der Waals surface area (Å²) in [7, 11) is 4.63. The summed E-state index contributed by atoms with van der Waals surface area (Å²) in [6, 6.07) is 12.5. The normalized spacial score (nSPS) is 10.9. The molecule has 0 radical (unpaired) electrons. The number of nitrogens with zero attached hydrogens (tertiary/aromatic N) is 3. The van der Waals surface area contributed by atoms with E-state index in [0.717, 1.165) is 5.56 Å². The van der Waals surface area contributed by atoms with E-state index in [4.69, 9.17) is 32.7 Å². The monoisotopic (exact) mass is 537 g/mol. The lowest BCUT2D eigenvalue weighted by atomic mass is 10.0. The van der Waals surface area contributed by atoms with Crippen LogP contribution < -0.4 is 19.9 Å². The van der Waals surface area contributed by atoms with Gasteiger partial charge in [-0.15, -0.1) is 0 Å². The molecule has 0 fully saturated rings. The molecule has 1 amide bonds. The van der Waals surface area contributed by atoms with Crippen molar-refractivity contribution in [2.75, 3.05) is 26.2 Å². The molecule has 9 heteroatoms. The summed E-state index contributed by atoms with van der Waals surface area (Å²) in [6.45, 7) is 5.84. The van der Waals surface area contributed by atoms with Crippen LogP contribution in [0.25, 0.3) is 33.3 Å². The topological polar surface area (TPSA) is 73.7 Å². The summed E-state index contributed by atoms with van der Waals surface area (Å²) in [6.07, 6.45) is 2.94. The highest BCUT2D eigenvalue weighted by atomic mass is 35.5. The van der Waals surface area contributed by atoms with Gasteiger partial charge in [0, 0.05) is 42.4 Å². The maximum absolute atomic E-state index is 13.7. The van der Waals surface area contributed by atoms with Crippen LogP contribution in [-0.2, 0) is 11.3 Å². The van der Waals surface area contributed by atoms with Crippen LogP contribution in [0.15, 0.2) is 66.1 Å². The van der Waals surface area contributed by atoms with Gasteiger partial charge in [0.25, 0.3) is 5.56 Å². The zero-order chi connectivity index (χ0) is 26.9. The number of amides is 1. The Morgan fingerprint density at radius 2 is 1.73 bits per heavy atom. The minimum atomic E-state index is -0.279. The number of hydrogen-bond acceptors (Lipinski definition) is 5. The van der Waals surface area contributed by atoms with Gasteiger partial charge in [-0.1, -0.05) is 48.0 Å². The van der Waals surface area contributed by atoms with Gasteiger partial charge in [0.05, 0.1) is 46.7 Å². The number of carbonyl (C=O) groups excluding carboxylic acids is 1. The molecule has 2 aromatic heterocycles. The van der Waals surface area contributed by atoms with E-state index in [1.54, 1.807) is 29.9 Å². The molecule has 0 aliphatic carbocycles. The number of hydrogen-bond donors (Lipinski definition) is 0. The predicted octanol–water partition coefficient (Wildman–Crippen LogP) is 6.22. The van der Waals surface area contributed by atoms with Crippen LogP contribution >= 0.6 is 23.2 Å². The summed E-state index contributed by atoms with van der Waals surface area (Å²) < 4.78 is 12.4. The molecule has 0 atom stereocenters. The minimum Gasteiger partial charge on any atom is -0.495 e. The summed E-state index contributed by atoms with van der Waals surface area (Å²) in [5.41, 5.74) is 3.04. The van der Waals surface area contributed by atoms with E-state index >= 15 is 0 Å². The maximum atomic E-state index is 13.7. The Labute approximate surface area is 224 Å². The second-order valence-electron chi connectivity index (χ2n) is 8.14. The van der Waals surface area contributed by atoms with Crippen LogP contribution in [-0.4, -0.2) is 36.7 Å². The van der Waals surface area contributed by atoms with Crippen molar-refractivity contribution in [1.82, 2.24) is 9.55 Å². The highest BCUT2D eigenvalue weighted by Gasteiger charge is 2.23. The SMILES string of the molecule is C=CC(=O)N(C)c1ccccc1-c1cc2c(cn1)cc(-c1c(Cl)c(OC)cc(OC)c1Cl)c(=O)n2CC. The molecule has 0 saturated heterocycles. The Balaban J connectivity index is 1.98. The molecule has 0 N–H and O–H groups in total. The summed E-state index contributed by atoms with van der Waals surface area (Å²) in [5, 5.41) is 1.13. The zero-order valence-corrected chi connectivity index (χ0v) is 22.4. The Morgan fingerprint density at radius 1 is 1.08 bits per heavy atom. The number of halogens is 2. The molecule has 4 aromatic rings. The van der Waals surface area contributed by atoms with Crippen LogP contribution in [0.2, 0.25) is 10.0 Å². The fraction of sp³-hybridized carbons (Fsp3) is 0.179. The minimum absolute atomic E-state index is 0.209. The van der Waals surface area contributed by atoms with Crippen molar-refractivity contribution in [3.8, 4) is 33.9 Å². The fourth-order valence-corrected chi connectivity index (χ4v) is 4.98. The first-order chi connectivity index (χ1) is 17.8. The van der Waals surface area contributed by atoms with E-state index in [1.807, 2.05) is 37.3 Å². The van der Waals surface area contributed by atoms with Crippen LogP contribution in [0, 0.1) is 0 Å². The molecule has 190 valence electrons. The van der Waals surface area contributed by atoms with E-state index < -0.39 is 0 Å². The van der Waals surface area contributed by atoms with Crippen molar-refractivity contribution in [1.29, 1.82) is 0 Å². The lowest BCUT2D eigenvalue weighted by molar-refractivity contribution is -0.113. The molecule has 0 spiro atoms. The third-order valence-electron chi connectivity index (χ3n) is 6.18. The maximum Gasteiger partial charge on any atom is 0.259 e. The van der Waals surface area contributed by atoms with E-state index in [0.29, 0.717) is 51.5 Å². The van der Waals surface area contributed by atoms with E-state index in [2.05, 4.69) is 11.6 Å². The van der Waals surface area contributed by atoms with E-state index in [9.17, 15) is 9.59 Å². The first kappa shape index (κ1) is 26.3. The van der Waals surface area contributed by atoms with E-state index in [1.165, 1.54) is 25.2 Å². The third-order valence-corrected chi connectivity index (χ3v) is 6.93. The van der Waals surface area contributed by atoms with Gasteiger partial charge in [0.15, 0.2) is 0 Å². The third kappa shape index (κ3) is 4.56. The van der Waals surface area contributed by atoms with Gasteiger partial charge < -0.3 is 18.9 Å². The highest BCUT2D eigenvalue weighted by Crippen LogP contribution is 2.45. The number of anilines is 1. The fourth-order valence-electron chi connectivity index (χ4n) is 4.27. The molecule has 37 heavy (non-hydrogen) atoms. The summed E-state index contributed by atoms with van der Waals surface area (Å²) >= 11 is 13.2. The number of aryl methyl sites for hydroxylation is 1.